The average Bonchev–Trinajstić information content (AvgIpc) is 2.99. The molecule has 0 radical (unpaired) electrons. The number of thioether (sulfide) groups is 1. The van der Waals surface area contributed by atoms with Crippen LogP contribution < -0.4 is 14.4 Å². The van der Waals surface area contributed by atoms with Gasteiger partial charge in [-0.3, -0.25) is 9.59 Å². The van der Waals surface area contributed by atoms with Crippen LogP contribution in [-0.2, 0) is 15.8 Å². The first-order valence-corrected chi connectivity index (χ1v) is 9.99. The largest absolute Gasteiger partial charge is 0.490 e. The Hall–Kier alpha value is -3.47. The highest BCUT2D eigenvalue weighted by atomic mass is 32.2. The number of carboxylic acid groups (broad SMARTS) is 1. The van der Waals surface area contributed by atoms with Crippen molar-refractivity contribution in [2.75, 3.05) is 18.1 Å². The van der Waals surface area contributed by atoms with Gasteiger partial charge in [-0.15, -0.1) is 0 Å². The lowest BCUT2D eigenvalue weighted by molar-refractivity contribution is -0.139. The van der Waals surface area contributed by atoms with Gasteiger partial charge < -0.3 is 14.6 Å². The van der Waals surface area contributed by atoms with E-state index in [0.29, 0.717) is 22.2 Å². The second-order valence-corrected chi connectivity index (χ2v) is 7.35. The molecule has 3 rings (SSSR count). The fourth-order valence-electron chi connectivity index (χ4n) is 2.88. The van der Waals surface area contributed by atoms with E-state index >= 15 is 0 Å². The molecule has 0 bridgehead atoms. The molecule has 7 nitrogen and oxygen atoms in total. The fourth-order valence-corrected chi connectivity index (χ4v) is 3.71. The van der Waals surface area contributed by atoms with Crippen LogP contribution in [0.15, 0.2) is 47.4 Å². The quantitative estimate of drug-likeness (QED) is 0.584. The average molecular weight is 467 g/mol. The van der Waals surface area contributed by atoms with Gasteiger partial charge in [0.25, 0.3) is 11.1 Å². The number of alkyl halides is 3. The summed E-state index contributed by atoms with van der Waals surface area (Å²) in [6.07, 6.45) is -3.41. The highest BCUT2D eigenvalue weighted by molar-refractivity contribution is 8.19. The number of halogens is 3. The predicted molar refractivity (Wildman–Crippen MR) is 111 cm³/mol. The first kappa shape index (κ1) is 23.2. The Bertz CT molecular complexity index is 1100. The summed E-state index contributed by atoms with van der Waals surface area (Å²) in [4.78, 5) is 36.3. The maximum atomic E-state index is 13.3. The molecular formula is C21H16F3NO6S. The number of nitrogens with zero attached hydrogens (tertiary/aromatic N) is 1. The van der Waals surface area contributed by atoms with E-state index in [9.17, 15) is 27.6 Å². The second kappa shape index (κ2) is 9.35. The van der Waals surface area contributed by atoms with E-state index in [1.807, 2.05) is 0 Å². The number of carbonyl (C=O) groups excluding carboxylic acids is 2. The van der Waals surface area contributed by atoms with E-state index < -0.39 is 41.1 Å². The first-order valence-electron chi connectivity index (χ1n) is 9.17. The number of rotatable bonds is 7. The van der Waals surface area contributed by atoms with Crippen molar-refractivity contribution in [1.29, 1.82) is 0 Å². The Kier molecular flexibility index (Phi) is 6.78. The van der Waals surface area contributed by atoms with Crippen LogP contribution in [0.2, 0.25) is 0 Å². The molecule has 1 aliphatic heterocycles. The molecule has 0 atom stereocenters. The van der Waals surface area contributed by atoms with Gasteiger partial charge in [0.05, 0.1) is 22.8 Å². The van der Waals surface area contributed by atoms with Crippen LogP contribution in [0.4, 0.5) is 23.7 Å². The molecule has 0 spiro atoms. The van der Waals surface area contributed by atoms with E-state index in [1.54, 1.807) is 6.92 Å². The number of imide groups is 1. The number of anilines is 1. The monoisotopic (exact) mass is 467 g/mol. The van der Waals surface area contributed by atoms with Crippen molar-refractivity contribution in [2.24, 2.45) is 0 Å². The maximum absolute atomic E-state index is 13.3. The summed E-state index contributed by atoms with van der Waals surface area (Å²) in [6, 6.07) is 8.74. The number of ether oxygens (including phenoxy) is 2. The molecule has 1 fully saturated rings. The second-order valence-electron chi connectivity index (χ2n) is 6.35. The van der Waals surface area contributed by atoms with E-state index in [4.69, 9.17) is 14.6 Å². The highest BCUT2D eigenvalue weighted by Crippen LogP contribution is 2.42. The number of hydrogen-bond donors (Lipinski definition) is 1. The van der Waals surface area contributed by atoms with Gasteiger partial charge in [0, 0.05) is 0 Å². The fraction of sp³-hybridized carbons (Fsp3) is 0.190. The molecule has 2 aromatic carbocycles. The van der Waals surface area contributed by atoms with Crippen molar-refractivity contribution in [1.82, 2.24) is 0 Å². The normalized spacial score (nSPS) is 15.4. The van der Waals surface area contributed by atoms with Gasteiger partial charge in [-0.1, -0.05) is 18.2 Å². The Morgan fingerprint density at radius 1 is 1.12 bits per heavy atom. The van der Waals surface area contributed by atoms with E-state index in [-0.39, 0.29) is 23.0 Å². The Balaban J connectivity index is 1.93. The smallest absolute Gasteiger partial charge is 0.418 e. The number of carbonyl (C=O) groups is 3. The minimum atomic E-state index is -4.74. The van der Waals surface area contributed by atoms with Crippen molar-refractivity contribution >= 4 is 40.6 Å². The molecule has 2 aromatic rings. The van der Waals surface area contributed by atoms with Gasteiger partial charge in [0.1, 0.15) is 0 Å². The van der Waals surface area contributed by atoms with E-state index in [2.05, 4.69) is 0 Å². The van der Waals surface area contributed by atoms with Crippen LogP contribution in [0.25, 0.3) is 6.08 Å². The van der Waals surface area contributed by atoms with Crippen LogP contribution in [0.5, 0.6) is 11.5 Å². The summed E-state index contributed by atoms with van der Waals surface area (Å²) in [5, 5.41) is 7.90. The van der Waals surface area contributed by atoms with Crippen LogP contribution >= 0.6 is 11.8 Å². The zero-order valence-corrected chi connectivity index (χ0v) is 17.3. The van der Waals surface area contributed by atoms with Crippen LogP contribution in [0.1, 0.15) is 18.1 Å². The van der Waals surface area contributed by atoms with Gasteiger partial charge in [0.15, 0.2) is 18.1 Å². The highest BCUT2D eigenvalue weighted by Gasteiger charge is 2.42. The van der Waals surface area contributed by atoms with Gasteiger partial charge in [-0.05, 0) is 54.6 Å². The number of para-hydroxylation sites is 1. The van der Waals surface area contributed by atoms with E-state index in [1.165, 1.54) is 36.4 Å². The summed E-state index contributed by atoms with van der Waals surface area (Å²) in [5.41, 5.74) is -1.23. The van der Waals surface area contributed by atoms with Crippen LogP contribution in [-0.4, -0.2) is 35.4 Å². The minimum absolute atomic E-state index is 0.0753. The molecule has 1 N–H and O–H groups in total. The zero-order valence-electron chi connectivity index (χ0n) is 16.5. The molecule has 1 saturated heterocycles. The molecule has 11 heteroatoms. The lowest BCUT2D eigenvalue weighted by atomic mass is 10.1. The van der Waals surface area contributed by atoms with Gasteiger partial charge in [-0.25, -0.2) is 9.69 Å². The summed E-state index contributed by atoms with van der Waals surface area (Å²) < 4.78 is 50.6. The summed E-state index contributed by atoms with van der Waals surface area (Å²) in [7, 11) is 0. The molecule has 1 aliphatic rings. The minimum Gasteiger partial charge on any atom is -0.490 e. The number of carboxylic acids is 1. The third-order valence-electron chi connectivity index (χ3n) is 4.16. The molecule has 0 saturated carbocycles. The Labute approximate surface area is 184 Å². The summed E-state index contributed by atoms with van der Waals surface area (Å²) in [5.74, 6) is -1.69. The molecule has 168 valence electrons. The van der Waals surface area contributed by atoms with Crippen molar-refractivity contribution in [3.8, 4) is 11.5 Å². The SMILES string of the molecule is CCOc1cc(/C=C2/SC(=O)N(c3ccccc3C(F)(F)F)C2=O)ccc1OCC(=O)O. The molecule has 0 aliphatic carbocycles. The van der Waals surface area contributed by atoms with Crippen LogP contribution in [0, 0.1) is 0 Å². The molecular weight excluding hydrogens is 451 g/mol. The van der Waals surface area contributed by atoms with Crippen molar-refractivity contribution in [2.45, 2.75) is 13.1 Å². The van der Waals surface area contributed by atoms with Gasteiger partial charge in [0.2, 0.25) is 0 Å². The third kappa shape index (κ3) is 5.05. The summed E-state index contributed by atoms with van der Waals surface area (Å²) >= 11 is 0.510. The molecule has 32 heavy (non-hydrogen) atoms. The molecule has 0 unspecified atom stereocenters. The topological polar surface area (TPSA) is 93.1 Å². The van der Waals surface area contributed by atoms with Gasteiger partial charge >= 0.3 is 12.1 Å². The van der Waals surface area contributed by atoms with Gasteiger partial charge in [-0.2, -0.15) is 13.2 Å². The van der Waals surface area contributed by atoms with Crippen molar-refractivity contribution < 1.29 is 42.1 Å². The van der Waals surface area contributed by atoms with Crippen molar-refractivity contribution in [3.63, 3.8) is 0 Å². The van der Waals surface area contributed by atoms with Crippen molar-refractivity contribution in [3.05, 3.63) is 58.5 Å². The number of hydrogen-bond acceptors (Lipinski definition) is 6. The Morgan fingerprint density at radius 3 is 2.50 bits per heavy atom. The molecule has 1 heterocycles. The molecule has 2 amide bonds. The number of aliphatic carboxylic acids is 1. The molecule has 0 aromatic heterocycles. The summed E-state index contributed by atoms with van der Waals surface area (Å²) in [6.45, 7) is 1.37. The zero-order chi connectivity index (χ0) is 23.5. The lowest BCUT2D eigenvalue weighted by Gasteiger charge is -2.18. The Morgan fingerprint density at radius 2 is 1.84 bits per heavy atom. The van der Waals surface area contributed by atoms with E-state index in [0.717, 1.165) is 12.1 Å². The number of amides is 2. The first-order chi connectivity index (χ1) is 15.1. The standard InChI is InChI=1S/C21H16F3NO6S/c1-2-30-16-9-12(7-8-15(16)31-11-18(26)27)10-17-19(28)25(20(29)32-17)14-6-4-3-5-13(14)21(22,23)24/h3-10H,2,11H2,1H3,(H,26,27)/b17-10+. The predicted octanol–water partition coefficient (Wildman–Crippen LogP) is 4.81. The lowest BCUT2D eigenvalue weighted by Crippen LogP contribution is -2.30. The number of benzene rings is 2. The third-order valence-corrected chi connectivity index (χ3v) is 5.03. The maximum Gasteiger partial charge on any atom is 0.418 e. The van der Waals surface area contributed by atoms with Crippen LogP contribution in [0.3, 0.4) is 0 Å².